The van der Waals surface area contributed by atoms with E-state index >= 15 is 0 Å². The molecular weight excluding hydrogens is 370 g/mol. The van der Waals surface area contributed by atoms with Crippen LogP contribution in [0, 0.1) is 0 Å². The Morgan fingerprint density at radius 2 is 2.09 bits per heavy atom. The number of nitrogens with one attached hydrogen (secondary N) is 1. The maximum atomic E-state index is 12.6. The molecule has 22 heavy (non-hydrogen) atoms. The molecule has 0 saturated carbocycles. The highest BCUT2D eigenvalue weighted by atomic mass is 35.5. The summed E-state index contributed by atoms with van der Waals surface area (Å²) in [6.45, 7) is 5.19. The molecule has 0 aliphatic carbocycles. The number of likely N-dealkylation sites (N-methyl/N-ethyl adjacent to an activating group) is 1. The van der Waals surface area contributed by atoms with E-state index in [9.17, 15) is 16.8 Å². The van der Waals surface area contributed by atoms with E-state index in [2.05, 4.69) is 5.32 Å². The van der Waals surface area contributed by atoms with Crippen molar-refractivity contribution in [2.75, 3.05) is 19.6 Å². The number of fused-ring (bicyclic) bond motifs is 1. The molecule has 0 spiro atoms. The molecule has 1 unspecified atom stereocenters. The summed E-state index contributed by atoms with van der Waals surface area (Å²) in [5.41, 5.74) is 0.498. The average molecular weight is 390 g/mol. The summed E-state index contributed by atoms with van der Waals surface area (Å²) in [5, 5.41) is 8.32. The van der Waals surface area contributed by atoms with E-state index in [1.165, 1.54) is 10.4 Å². The largest absolute Gasteiger partial charge is 0.309 e. The summed E-state index contributed by atoms with van der Waals surface area (Å²) < 4.78 is 49.5. The number of sulfonamides is 2. The van der Waals surface area contributed by atoms with Crippen LogP contribution in [0.4, 0.5) is 0 Å². The molecule has 0 amide bonds. The highest BCUT2D eigenvalue weighted by Gasteiger charge is 2.39. The number of thiophene rings is 1. The first-order valence-electron chi connectivity index (χ1n) is 6.61. The minimum absolute atomic E-state index is 0. The molecule has 2 heterocycles. The van der Waals surface area contributed by atoms with E-state index in [1.54, 1.807) is 0 Å². The molecule has 1 aromatic heterocycles. The van der Waals surface area contributed by atoms with E-state index in [-0.39, 0.29) is 26.9 Å². The summed E-state index contributed by atoms with van der Waals surface area (Å²) in [6.07, 6.45) is 0.695. The molecule has 128 valence electrons. The molecule has 0 fully saturated rings. The number of rotatable bonds is 5. The van der Waals surface area contributed by atoms with Crippen molar-refractivity contribution in [1.82, 2.24) is 9.62 Å². The molecule has 1 aliphatic rings. The third-order valence-corrected chi connectivity index (χ3v) is 8.21. The Morgan fingerprint density at radius 1 is 1.45 bits per heavy atom. The monoisotopic (exact) mass is 389 g/mol. The first kappa shape index (κ1) is 19.8. The van der Waals surface area contributed by atoms with E-state index < -0.39 is 20.0 Å². The lowest BCUT2D eigenvalue weighted by Gasteiger charge is -2.32. The SMILES string of the molecule is CCCN1CC(NCC)c2cc(S(N)(=O)=O)sc2S1(=O)=O.Cl. The average Bonchev–Trinajstić information content (AvgIpc) is 2.82. The van der Waals surface area contributed by atoms with Gasteiger partial charge in [0, 0.05) is 24.7 Å². The van der Waals surface area contributed by atoms with Crippen molar-refractivity contribution < 1.29 is 16.8 Å². The van der Waals surface area contributed by atoms with Crippen LogP contribution in [0.2, 0.25) is 0 Å². The van der Waals surface area contributed by atoms with Crippen LogP contribution in [0.5, 0.6) is 0 Å². The molecule has 2 rings (SSSR count). The van der Waals surface area contributed by atoms with Gasteiger partial charge in [0.2, 0.25) is 10.0 Å². The van der Waals surface area contributed by atoms with Crippen LogP contribution in [-0.2, 0) is 20.0 Å². The fourth-order valence-electron chi connectivity index (χ4n) is 2.35. The van der Waals surface area contributed by atoms with Crippen molar-refractivity contribution in [3.63, 3.8) is 0 Å². The van der Waals surface area contributed by atoms with Crippen LogP contribution < -0.4 is 10.5 Å². The number of nitrogens with two attached hydrogens (primary N) is 1. The van der Waals surface area contributed by atoms with Gasteiger partial charge >= 0.3 is 0 Å². The lowest BCUT2D eigenvalue weighted by atomic mass is 10.1. The van der Waals surface area contributed by atoms with Crippen LogP contribution in [-0.4, -0.2) is 40.8 Å². The topological polar surface area (TPSA) is 110 Å². The fraction of sp³-hybridized carbons (Fsp3) is 0.636. The van der Waals surface area contributed by atoms with Gasteiger partial charge < -0.3 is 5.32 Å². The van der Waals surface area contributed by atoms with Gasteiger partial charge in [-0.05, 0) is 19.0 Å². The molecule has 0 bridgehead atoms. The molecule has 0 aromatic carbocycles. The molecule has 1 aromatic rings. The smallest absolute Gasteiger partial charge is 0.252 e. The summed E-state index contributed by atoms with van der Waals surface area (Å²) in [6, 6.07) is 1.16. The Labute approximate surface area is 141 Å². The highest BCUT2D eigenvalue weighted by Crippen LogP contribution is 2.39. The van der Waals surface area contributed by atoms with Crippen molar-refractivity contribution in [2.45, 2.75) is 34.7 Å². The van der Waals surface area contributed by atoms with Crippen molar-refractivity contribution in [3.8, 4) is 0 Å². The van der Waals surface area contributed by atoms with Crippen molar-refractivity contribution in [1.29, 1.82) is 0 Å². The van der Waals surface area contributed by atoms with Crippen LogP contribution >= 0.6 is 23.7 Å². The van der Waals surface area contributed by atoms with Crippen LogP contribution in [0.15, 0.2) is 14.5 Å². The molecule has 0 saturated heterocycles. The Bertz CT molecular complexity index is 730. The maximum absolute atomic E-state index is 12.6. The van der Waals surface area contributed by atoms with E-state index in [4.69, 9.17) is 5.14 Å². The molecule has 11 heteroatoms. The third-order valence-electron chi connectivity index (χ3n) is 3.24. The minimum Gasteiger partial charge on any atom is -0.309 e. The molecule has 7 nitrogen and oxygen atoms in total. The second kappa shape index (κ2) is 7.12. The Kier molecular flexibility index (Phi) is 6.41. The number of hydrogen-bond donors (Lipinski definition) is 2. The third kappa shape index (κ3) is 3.64. The van der Waals surface area contributed by atoms with Gasteiger partial charge in [-0.3, -0.25) is 0 Å². The van der Waals surface area contributed by atoms with Crippen LogP contribution in [0.25, 0.3) is 0 Å². The zero-order chi connectivity index (χ0) is 15.8. The number of primary sulfonamides is 1. The predicted molar refractivity (Wildman–Crippen MR) is 88.4 cm³/mol. The van der Waals surface area contributed by atoms with Gasteiger partial charge in [0.05, 0.1) is 0 Å². The molecule has 1 atom stereocenters. The number of hydrogen-bond acceptors (Lipinski definition) is 6. The molecule has 1 aliphatic heterocycles. The van der Waals surface area contributed by atoms with Crippen molar-refractivity contribution in [2.24, 2.45) is 5.14 Å². The van der Waals surface area contributed by atoms with E-state index in [0.29, 0.717) is 31.6 Å². The highest BCUT2D eigenvalue weighted by molar-refractivity contribution is 7.94. The summed E-state index contributed by atoms with van der Waals surface area (Å²) >= 11 is 0.726. The number of nitrogens with zero attached hydrogens (tertiary/aromatic N) is 1. The Morgan fingerprint density at radius 3 is 2.59 bits per heavy atom. The fourth-order valence-corrected chi connectivity index (χ4v) is 6.71. The normalized spacial score (nSPS) is 21.1. The quantitative estimate of drug-likeness (QED) is 0.776. The summed E-state index contributed by atoms with van der Waals surface area (Å²) in [7, 11) is -7.55. The van der Waals surface area contributed by atoms with E-state index in [0.717, 1.165) is 11.3 Å². The first-order chi connectivity index (χ1) is 9.71. The van der Waals surface area contributed by atoms with Gasteiger partial charge in [-0.1, -0.05) is 13.8 Å². The van der Waals surface area contributed by atoms with Crippen molar-refractivity contribution >= 4 is 43.8 Å². The lowest BCUT2D eigenvalue weighted by molar-refractivity contribution is 0.344. The molecule has 3 N–H and O–H groups in total. The Balaban J connectivity index is 0.00000242. The second-order valence-corrected chi connectivity index (χ2v) is 9.80. The maximum Gasteiger partial charge on any atom is 0.252 e. The Hall–Kier alpha value is -0.230. The first-order valence-corrected chi connectivity index (χ1v) is 10.4. The number of halogens is 1. The summed E-state index contributed by atoms with van der Waals surface area (Å²) in [5.74, 6) is 0. The zero-order valence-electron chi connectivity index (χ0n) is 12.3. The second-order valence-electron chi connectivity index (χ2n) is 4.83. The van der Waals surface area contributed by atoms with Gasteiger partial charge in [0.15, 0.2) is 0 Å². The van der Waals surface area contributed by atoms with Crippen molar-refractivity contribution in [3.05, 3.63) is 11.6 Å². The van der Waals surface area contributed by atoms with Gasteiger partial charge in [-0.15, -0.1) is 23.7 Å². The minimum atomic E-state index is -3.91. The lowest BCUT2D eigenvalue weighted by Crippen LogP contribution is -2.43. The zero-order valence-corrected chi connectivity index (χ0v) is 15.5. The summed E-state index contributed by atoms with van der Waals surface area (Å²) in [4.78, 5) is 0. The van der Waals surface area contributed by atoms with Gasteiger partial charge in [-0.2, -0.15) is 4.31 Å². The van der Waals surface area contributed by atoms with Crippen LogP contribution in [0.1, 0.15) is 31.9 Å². The van der Waals surface area contributed by atoms with E-state index in [1.807, 2.05) is 13.8 Å². The molecule has 0 radical (unpaired) electrons. The molecular formula is C11H20ClN3O4S3. The van der Waals surface area contributed by atoms with Gasteiger partial charge in [0.1, 0.15) is 8.42 Å². The van der Waals surface area contributed by atoms with Gasteiger partial charge in [0.25, 0.3) is 10.0 Å². The van der Waals surface area contributed by atoms with Crippen LogP contribution in [0.3, 0.4) is 0 Å². The standard InChI is InChI=1S/C11H19N3O4S3.ClH/c1-3-5-14-7-9(13-4-2)8-6-10(20(12,15)16)19-11(8)21(14,17)18;/h6,9,13H,3-5,7H2,1-2H3,(H2,12,15,16);1H. The predicted octanol–water partition coefficient (Wildman–Crippen LogP) is 0.882. The van der Waals surface area contributed by atoms with Gasteiger partial charge in [-0.25, -0.2) is 22.0 Å².